The molecule has 1 fully saturated rings. The highest BCUT2D eigenvalue weighted by molar-refractivity contribution is 7.12. The molecule has 2 N–H and O–H groups in total. The van der Waals surface area contributed by atoms with Crippen LogP contribution in [0.5, 0.6) is 0 Å². The third-order valence-electron chi connectivity index (χ3n) is 4.79. The summed E-state index contributed by atoms with van der Waals surface area (Å²) in [4.78, 5) is 27.5. The van der Waals surface area contributed by atoms with Crippen LogP contribution >= 0.6 is 11.3 Å². The molecule has 1 aliphatic rings. The number of rotatable bonds is 9. The van der Waals surface area contributed by atoms with E-state index < -0.39 is 0 Å². The maximum absolute atomic E-state index is 12.4. The van der Waals surface area contributed by atoms with Gasteiger partial charge in [0.2, 0.25) is 5.91 Å². The van der Waals surface area contributed by atoms with E-state index in [0.29, 0.717) is 24.3 Å². The Morgan fingerprint density at radius 3 is 2.56 bits per heavy atom. The summed E-state index contributed by atoms with van der Waals surface area (Å²) in [5, 5.41) is 7.93. The van der Waals surface area contributed by atoms with Crippen molar-refractivity contribution < 1.29 is 9.59 Å². The Labute approximate surface area is 164 Å². The molecule has 0 saturated carbocycles. The van der Waals surface area contributed by atoms with E-state index in [1.807, 2.05) is 29.6 Å². The summed E-state index contributed by atoms with van der Waals surface area (Å²) in [6.45, 7) is 3.57. The first-order valence-electron chi connectivity index (χ1n) is 9.61. The molecule has 2 heterocycles. The molecule has 0 spiro atoms. The van der Waals surface area contributed by atoms with Crippen molar-refractivity contribution in [3.8, 4) is 0 Å². The number of nitrogens with one attached hydrogen (secondary N) is 2. The molecule has 6 heteroatoms. The van der Waals surface area contributed by atoms with E-state index >= 15 is 0 Å². The van der Waals surface area contributed by atoms with E-state index in [1.165, 1.54) is 24.2 Å². The first-order chi connectivity index (χ1) is 13.2. The lowest BCUT2D eigenvalue weighted by atomic mass is 10.1. The van der Waals surface area contributed by atoms with Gasteiger partial charge in [0.1, 0.15) is 0 Å². The standard InChI is InChI=1S/C21H27N3O2S/c25-20(11-6-12-22-21(26)19-10-7-15-27-19)23-18(16-24-13-4-5-14-24)17-8-2-1-3-9-17/h1-3,7-10,15,18H,4-6,11-14,16H2,(H,22,26)(H,23,25). The molecule has 1 aliphatic heterocycles. The van der Waals surface area contributed by atoms with Crippen molar-refractivity contribution in [1.29, 1.82) is 0 Å². The van der Waals surface area contributed by atoms with Crippen LogP contribution in [-0.2, 0) is 4.79 Å². The fourth-order valence-electron chi connectivity index (χ4n) is 3.36. The van der Waals surface area contributed by atoms with Gasteiger partial charge in [-0.15, -0.1) is 11.3 Å². The predicted molar refractivity (Wildman–Crippen MR) is 109 cm³/mol. The van der Waals surface area contributed by atoms with Gasteiger partial charge in [-0.1, -0.05) is 36.4 Å². The highest BCUT2D eigenvalue weighted by atomic mass is 32.1. The zero-order valence-corrected chi connectivity index (χ0v) is 16.3. The fourth-order valence-corrected chi connectivity index (χ4v) is 4.00. The van der Waals surface area contributed by atoms with Crippen LogP contribution in [-0.4, -0.2) is 42.9 Å². The minimum atomic E-state index is -0.0680. The Morgan fingerprint density at radius 2 is 1.85 bits per heavy atom. The van der Waals surface area contributed by atoms with E-state index in [9.17, 15) is 9.59 Å². The van der Waals surface area contributed by atoms with E-state index in [0.717, 1.165) is 25.2 Å². The first kappa shape index (κ1) is 19.6. The number of carbonyl (C=O) groups excluding carboxylic acids is 2. The summed E-state index contributed by atoms with van der Waals surface area (Å²) >= 11 is 1.42. The molecular weight excluding hydrogens is 358 g/mol. The third-order valence-corrected chi connectivity index (χ3v) is 5.66. The summed E-state index contributed by atoms with van der Waals surface area (Å²) in [5.74, 6) is -0.0324. The Balaban J connectivity index is 1.45. The van der Waals surface area contributed by atoms with Gasteiger partial charge in [0.15, 0.2) is 0 Å². The van der Waals surface area contributed by atoms with Gasteiger partial charge < -0.3 is 15.5 Å². The lowest BCUT2D eigenvalue weighted by Crippen LogP contribution is -2.37. The first-order valence-corrected chi connectivity index (χ1v) is 10.5. The predicted octanol–water partition coefficient (Wildman–Crippen LogP) is 3.21. The molecule has 1 atom stereocenters. The summed E-state index contributed by atoms with van der Waals surface area (Å²) in [5.41, 5.74) is 1.14. The van der Waals surface area contributed by atoms with Crippen molar-refractivity contribution in [2.24, 2.45) is 0 Å². The van der Waals surface area contributed by atoms with Crippen molar-refractivity contribution >= 4 is 23.2 Å². The van der Waals surface area contributed by atoms with Gasteiger partial charge in [-0.3, -0.25) is 9.59 Å². The molecule has 144 valence electrons. The van der Waals surface area contributed by atoms with E-state index in [1.54, 1.807) is 6.07 Å². The average molecular weight is 386 g/mol. The van der Waals surface area contributed by atoms with Crippen LogP contribution < -0.4 is 10.6 Å². The maximum atomic E-state index is 12.4. The average Bonchev–Trinajstić information content (AvgIpc) is 3.39. The highest BCUT2D eigenvalue weighted by Gasteiger charge is 2.20. The molecule has 0 aliphatic carbocycles. The number of likely N-dealkylation sites (tertiary alicyclic amines) is 1. The summed E-state index contributed by atoms with van der Waals surface area (Å²) in [6.07, 6.45) is 3.51. The molecule has 5 nitrogen and oxygen atoms in total. The van der Waals surface area contributed by atoms with Crippen LogP contribution in [0, 0.1) is 0 Å². The number of hydrogen-bond acceptors (Lipinski definition) is 4. The topological polar surface area (TPSA) is 61.4 Å². The molecule has 27 heavy (non-hydrogen) atoms. The molecule has 1 unspecified atom stereocenters. The molecule has 2 amide bonds. The van der Waals surface area contributed by atoms with Gasteiger partial charge in [0, 0.05) is 19.5 Å². The van der Waals surface area contributed by atoms with Crippen molar-refractivity contribution in [2.45, 2.75) is 31.7 Å². The zero-order valence-electron chi connectivity index (χ0n) is 15.5. The van der Waals surface area contributed by atoms with Gasteiger partial charge >= 0.3 is 0 Å². The van der Waals surface area contributed by atoms with Crippen LogP contribution in [0.1, 0.15) is 47.0 Å². The quantitative estimate of drug-likeness (QED) is 0.652. The molecular formula is C21H27N3O2S. The van der Waals surface area contributed by atoms with Crippen LogP contribution in [0.4, 0.5) is 0 Å². The lowest BCUT2D eigenvalue weighted by molar-refractivity contribution is -0.122. The van der Waals surface area contributed by atoms with E-state index in [4.69, 9.17) is 0 Å². The highest BCUT2D eigenvalue weighted by Crippen LogP contribution is 2.18. The molecule has 2 aromatic rings. The van der Waals surface area contributed by atoms with Gasteiger partial charge in [0.05, 0.1) is 10.9 Å². The van der Waals surface area contributed by atoms with E-state index in [2.05, 4.69) is 27.7 Å². The zero-order chi connectivity index (χ0) is 18.9. The Kier molecular flexibility index (Phi) is 7.42. The van der Waals surface area contributed by atoms with E-state index in [-0.39, 0.29) is 17.9 Å². The Morgan fingerprint density at radius 1 is 1.07 bits per heavy atom. The fraction of sp³-hybridized carbons (Fsp3) is 0.429. The van der Waals surface area contributed by atoms with Crippen LogP contribution in [0.3, 0.4) is 0 Å². The lowest BCUT2D eigenvalue weighted by Gasteiger charge is -2.25. The Hall–Kier alpha value is -2.18. The normalized spacial score (nSPS) is 15.4. The molecule has 1 saturated heterocycles. The number of amides is 2. The second-order valence-corrected chi connectivity index (χ2v) is 7.82. The van der Waals surface area contributed by atoms with Gasteiger partial charge in [-0.05, 0) is 49.4 Å². The summed E-state index contributed by atoms with van der Waals surface area (Å²) in [7, 11) is 0. The smallest absolute Gasteiger partial charge is 0.261 e. The molecule has 1 aromatic heterocycles. The largest absolute Gasteiger partial charge is 0.351 e. The maximum Gasteiger partial charge on any atom is 0.261 e. The number of carbonyl (C=O) groups is 2. The van der Waals surface area contributed by atoms with Crippen molar-refractivity contribution in [2.75, 3.05) is 26.2 Å². The summed E-state index contributed by atoms with van der Waals surface area (Å²) < 4.78 is 0. The number of benzene rings is 1. The third kappa shape index (κ3) is 6.19. The number of thiophene rings is 1. The molecule has 3 rings (SSSR count). The number of hydrogen-bond donors (Lipinski definition) is 2. The second-order valence-electron chi connectivity index (χ2n) is 6.88. The van der Waals surface area contributed by atoms with Gasteiger partial charge in [-0.2, -0.15) is 0 Å². The van der Waals surface area contributed by atoms with Gasteiger partial charge in [-0.25, -0.2) is 0 Å². The number of nitrogens with zero attached hydrogens (tertiary/aromatic N) is 1. The van der Waals surface area contributed by atoms with Crippen molar-refractivity contribution in [3.63, 3.8) is 0 Å². The van der Waals surface area contributed by atoms with Crippen molar-refractivity contribution in [1.82, 2.24) is 15.5 Å². The minimum absolute atomic E-state index is 0.0116. The van der Waals surface area contributed by atoms with Crippen molar-refractivity contribution in [3.05, 3.63) is 58.3 Å². The van der Waals surface area contributed by atoms with Crippen LogP contribution in [0.15, 0.2) is 47.8 Å². The summed E-state index contributed by atoms with van der Waals surface area (Å²) in [6, 6.07) is 13.8. The molecule has 0 bridgehead atoms. The van der Waals surface area contributed by atoms with Crippen LogP contribution in [0.2, 0.25) is 0 Å². The Bertz CT molecular complexity index is 712. The molecule has 1 aromatic carbocycles. The SMILES string of the molecule is O=C(CCCNC(=O)c1cccs1)NC(CN1CCCC1)c1ccccc1. The van der Waals surface area contributed by atoms with Crippen LogP contribution in [0.25, 0.3) is 0 Å². The molecule has 0 radical (unpaired) electrons. The van der Waals surface area contributed by atoms with Gasteiger partial charge in [0.25, 0.3) is 5.91 Å². The second kappa shape index (κ2) is 10.2. The monoisotopic (exact) mass is 385 g/mol. The minimum Gasteiger partial charge on any atom is -0.351 e.